The Labute approximate surface area is 92.2 Å². The Kier molecular flexibility index (Phi) is 3.66. The number of hydrogen-bond acceptors (Lipinski definition) is 2. The van der Waals surface area contributed by atoms with Crippen LogP contribution < -0.4 is 11.5 Å². The zero-order valence-corrected chi connectivity index (χ0v) is 9.01. The lowest BCUT2D eigenvalue weighted by Crippen LogP contribution is -2.22. The van der Waals surface area contributed by atoms with Gasteiger partial charge in [-0.05, 0) is 18.6 Å². The van der Waals surface area contributed by atoms with Crippen LogP contribution in [0.3, 0.4) is 0 Å². The molecule has 4 N–H and O–H groups in total. The van der Waals surface area contributed by atoms with E-state index < -0.39 is 17.8 Å². The predicted molar refractivity (Wildman–Crippen MR) is 56.9 cm³/mol. The third-order valence-electron chi connectivity index (χ3n) is 2.11. The van der Waals surface area contributed by atoms with Crippen LogP contribution in [0.25, 0.3) is 0 Å². The van der Waals surface area contributed by atoms with Gasteiger partial charge in [-0.1, -0.05) is 17.7 Å². The summed E-state index contributed by atoms with van der Waals surface area (Å²) in [4.78, 5) is 10.7. The number of carbonyl (C=O) groups excluding carboxylic acids is 1. The van der Waals surface area contributed by atoms with Crippen LogP contribution in [0.1, 0.15) is 23.6 Å². The molecule has 5 heteroatoms. The van der Waals surface area contributed by atoms with Gasteiger partial charge in [0.05, 0.1) is 0 Å². The number of nitrogens with two attached hydrogens (primary N) is 2. The van der Waals surface area contributed by atoms with Gasteiger partial charge in [0.1, 0.15) is 5.82 Å². The Morgan fingerprint density at radius 1 is 1.60 bits per heavy atom. The first kappa shape index (κ1) is 11.9. The lowest BCUT2D eigenvalue weighted by Gasteiger charge is -2.14. The summed E-state index contributed by atoms with van der Waals surface area (Å²) < 4.78 is 13.6. The second-order valence-corrected chi connectivity index (χ2v) is 3.78. The molecule has 0 heterocycles. The summed E-state index contributed by atoms with van der Waals surface area (Å²) in [7, 11) is 0. The molecular formula is C10H12ClFN2O. The van der Waals surface area contributed by atoms with Crippen molar-refractivity contribution in [3.05, 3.63) is 34.1 Å². The van der Waals surface area contributed by atoms with Crippen LogP contribution in [0.4, 0.5) is 4.39 Å². The van der Waals surface area contributed by atoms with Crippen molar-refractivity contribution in [3.8, 4) is 0 Å². The minimum absolute atomic E-state index is 0.125. The lowest BCUT2D eigenvalue weighted by atomic mass is 10.0. The standard InChI is InChI=1S/C10H12ClFN2O/c1-5-2-3-6(11)9(10(5)12)7(13)4-8(14)15/h2-3,7H,4,13H2,1H3,(H2,14,15). The average Bonchev–Trinajstić information content (AvgIpc) is 2.11. The normalized spacial score (nSPS) is 12.5. The van der Waals surface area contributed by atoms with Crippen molar-refractivity contribution in [1.29, 1.82) is 0 Å². The summed E-state index contributed by atoms with van der Waals surface area (Å²) in [5.74, 6) is -1.06. The smallest absolute Gasteiger partial charge is 0.219 e. The van der Waals surface area contributed by atoms with Crippen molar-refractivity contribution in [3.63, 3.8) is 0 Å². The van der Waals surface area contributed by atoms with Gasteiger partial charge < -0.3 is 11.5 Å². The molecule has 0 aliphatic carbocycles. The Hall–Kier alpha value is -1.13. The number of carbonyl (C=O) groups is 1. The molecule has 1 unspecified atom stereocenters. The molecule has 0 fully saturated rings. The van der Waals surface area contributed by atoms with E-state index in [0.29, 0.717) is 5.56 Å². The van der Waals surface area contributed by atoms with Crippen molar-refractivity contribution in [2.75, 3.05) is 0 Å². The SMILES string of the molecule is Cc1ccc(Cl)c(C(N)CC(N)=O)c1F. The third kappa shape index (κ3) is 2.67. The van der Waals surface area contributed by atoms with Gasteiger partial charge in [0.15, 0.2) is 0 Å². The molecule has 0 aliphatic rings. The molecule has 3 nitrogen and oxygen atoms in total. The molecule has 0 saturated carbocycles. The highest BCUT2D eigenvalue weighted by Gasteiger charge is 2.18. The van der Waals surface area contributed by atoms with E-state index in [9.17, 15) is 9.18 Å². The number of aryl methyl sites for hydroxylation is 1. The number of amides is 1. The first-order valence-corrected chi connectivity index (χ1v) is 4.79. The molecule has 1 aromatic carbocycles. The fourth-order valence-corrected chi connectivity index (χ4v) is 1.62. The summed E-state index contributed by atoms with van der Waals surface area (Å²) in [5.41, 5.74) is 11.2. The summed E-state index contributed by atoms with van der Waals surface area (Å²) in [6.07, 6.45) is -0.125. The average molecular weight is 231 g/mol. The molecule has 0 spiro atoms. The van der Waals surface area contributed by atoms with Crippen LogP contribution in [-0.2, 0) is 4.79 Å². The van der Waals surface area contributed by atoms with Crippen LogP contribution in [0, 0.1) is 12.7 Å². The van der Waals surface area contributed by atoms with Gasteiger partial charge in [-0.15, -0.1) is 0 Å². The number of hydrogen-bond donors (Lipinski definition) is 2. The van der Waals surface area contributed by atoms with Gasteiger partial charge in [0, 0.05) is 23.0 Å². The molecule has 1 rings (SSSR count). The van der Waals surface area contributed by atoms with Crippen molar-refractivity contribution >= 4 is 17.5 Å². The largest absolute Gasteiger partial charge is 0.370 e. The molecule has 15 heavy (non-hydrogen) atoms. The maximum Gasteiger partial charge on any atom is 0.219 e. The third-order valence-corrected chi connectivity index (χ3v) is 2.44. The number of halogens is 2. The van der Waals surface area contributed by atoms with Gasteiger partial charge >= 0.3 is 0 Å². The molecule has 1 atom stereocenters. The van der Waals surface area contributed by atoms with Crippen LogP contribution >= 0.6 is 11.6 Å². The van der Waals surface area contributed by atoms with Crippen molar-refractivity contribution in [2.45, 2.75) is 19.4 Å². The zero-order chi connectivity index (χ0) is 11.6. The fourth-order valence-electron chi connectivity index (χ4n) is 1.34. The van der Waals surface area contributed by atoms with E-state index in [-0.39, 0.29) is 17.0 Å². The zero-order valence-electron chi connectivity index (χ0n) is 8.26. The van der Waals surface area contributed by atoms with Crippen LogP contribution in [-0.4, -0.2) is 5.91 Å². The molecule has 82 valence electrons. The number of primary amides is 1. The Morgan fingerprint density at radius 2 is 2.20 bits per heavy atom. The van der Waals surface area contributed by atoms with Crippen molar-refractivity contribution in [1.82, 2.24) is 0 Å². The summed E-state index contributed by atoms with van der Waals surface area (Å²) in [6.45, 7) is 1.60. The van der Waals surface area contributed by atoms with Crippen LogP contribution in [0.15, 0.2) is 12.1 Å². The van der Waals surface area contributed by atoms with Gasteiger partial charge in [0.2, 0.25) is 5.91 Å². The van der Waals surface area contributed by atoms with E-state index in [1.165, 1.54) is 0 Å². The molecule has 0 aliphatic heterocycles. The second kappa shape index (κ2) is 4.59. The molecule has 0 bridgehead atoms. The quantitative estimate of drug-likeness (QED) is 0.829. The number of rotatable bonds is 3. The second-order valence-electron chi connectivity index (χ2n) is 3.37. The van der Waals surface area contributed by atoms with E-state index in [0.717, 1.165) is 0 Å². The van der Waals surface area contributed by atoms with Gasteiger partial charge in [-0.2, -0.15) is 0 Å². The number of benzene rings is 1. The minimum atomic E-state index is -0.796. The first-order valence-electron chi connectivity index (χ1n) is 4.42. The minimum Gasteiger partial charge on any atom is -0.370 e. The monoisotopic (exact) mass is 230 g/mol. The Balaban J connectivity index is 3.12. The molecule has 0 saturated heterocycles. The highest BCUT2D eigenvalue weighted by atomic mass is 35.5. The lowest BCUT2D eigenvalue weighted by molar-refractivity contribution is -0.118. The van der Waals surface area contributed by atoms with E-state index in [2.05, 4.69) is 0 Å². The summed E-state index contributed by atoms with van der Waals surface area (Å²) >= 11 is 5.81. The van der Waals surface area contributed by atoms with Crippen LogP contribution in [0.2, 0.25) is 5.02 Å². The maximum absolute atomic E-state index is 13.6. The highest BCUT2D eigenvalue weighted by molar-refractivity contribution is 6.31. The highest BCUT2D eigenvalue weighted by Crippen LogP contribution is 2.28. The molecule has 0 radical (unpaired) electrons. The maximum atomic E-state index is 13.6. The fraction of sp³-hybridized carbons (Fsp3) is 0.300. The molecule has 1 aromatic rings. The van der Waals surface area contributed by atoms with Gasteiger partial charge in [0.25, 0.3) is 0 Å². The van der Waals surface area contributed by atoms with Crippen molar-refractivity contribution in [2.24, 2.45) is 11.5 Å². The summed E-state index contributed by atoms with van der Waals surface area (Å²) in [6, 6.07) is 2.31. The van der Waals surface area contributed by atoms with Crippen molar-refractivity contribution < 1.29 is 9.18 Å². The van der Waals surface area contributed by atoms with Gasteiger partial charge in [-0.3, -0.25) is 4.79 Å². The first-order chi connectivity index (χ1) is 6.93. The van der Waals surface area contributed by atoms with Crippen LogP contribution in [0.5, 0.6) is 0 Å². The molecular weight excluding hydrogens is 219 g/mol. The topological polar surface area (TPSA) is 69.1 Å². The van der Waals surface area contributed by atoms with E-state index >= 15 is 0 Å². The van der Waals surface area contributed by atoms with E-state index in [1.807, 2.05) is 0 Å². The Morgan fingerprint density at radius 3 is 2.73 bits per heavy atom. The Bertz CT molecular complexity index is 395. The predicted octanol–water partition coefficient (Wildman–Crippen LogP) is 1.66. The van der Waals surface area contributed by atoms with Gasteiger partial charge in [-0.25, -0.2) is 4.39 Å². The molecule has 1 amide bonds. The summed E-state index contributed by atoms with van der Waals surface area (Å²) in [5, 5.41) is 0.215. The van der Waals surface area contributed by atoms with E-state index in [4.69, 9.17) is 23.1 Å². The van der Waals surface area contributed by atoms with E-state index in [1.54, 1.807) is 19.1 Å². The molecule has 0 aromatic heterocycles.